The molecule has 0 bridgehead atoms. The summed E-state index contributed by atoms with van der Waals surface area (Å²) in [6.07, 6.45) is 23.0. The van der Waals surface area contributed by atoms with Crippen LogP contribution in [0.15, 0.2) is 135 Å². The summed E-state index contributed by atoms with van der Waals surface area (Å²) >= 11 is 0. The van der Waals surface area contributed by atoms with E-state index in [0.29, 0.717) is 0 Å². The molecule has 9 rings (SSSR count). The highest BCUT2D eigenvalue weighted by Crippen LogP contribution is 2.14. The molecule has 0 amide bonds. The summed E-state index contributed by atoms with van der Waals surface area (Å²) < 4.78 is 8.11. The summed E-state index contributed by atoms with van der Waals surface area (Å²) in [5.41, 5.74) is 2.96. The Bertz CT molecular complexity index is 1810. The van der Waals surface area contributed by atoms with E-state index in [1.54, 1.807) is 19.4 Å². The summed E-state index contributed by atoms with van der Waals surface area (Å²) in [5.74, 6) is 0. The molecule has 232 valence electrons. The molecule has 9 aromatic rings. The molecular weight excluding hydrogens is 574 g/mol. The normalized spacial score (nSPS) is 10.3. The molecule has 46 heavy (non-hydrogen) atoms. The molecule has 0 aliphatic heterocycles. The van der Waals surface area contributed by atoms with Crippen LogP contribution in [0.4, 0.5) is 0 Å². The van der Waals surface area contributed by atoms with E-state index in [1.165, 1.54) is 38.1 Å². The van der Waals surface area contributed by atoms with Crippen molar-refractivity contribution >= 4 is 43.5 Å². The molecule has 0 saturated heterocycles. The number of nitrogens with zero attached hydrogens (tertiary/aromatic N) is 11. The summed E-state index contributed by atoms with van der Waals surface area (Å²) in [6, 6.07) is 20.7. The largest absolute Gasteiger partial charge is 0.356 e. The SMILES string of the molecule is Cn1cc2ccccc2c1.Cn1cc2ccccc2c1.Cn1cc2cccnc2c1.Cn1cc2nccnc2c1.Cn1ncnn1. The molecule has 0 aliphatic carbocycles. The lowest BCUT2D eigenvalue weighted by molar-refractivity contribution is 0.630. The maximum atomic E-state index is 4.18. The van der Waals surface area contributed by atoms with Crippen molar-refractivity contribution in [2.75, 3.05) is 0 Å². The first-order valence-corrected chi connectivity index (χ1v) is 14.6. The van der Waals surface area contributed by atoms with Gasteiger partial charge in [-0.2, -0.15) is 4.80 Å². The first-order chi connectivity index (χ1) is 22.3. The smallest absolute Gasteiger partial charge is 0.162 e. The van der Waals surface area contributed by atoms with Crippen LogP contribution >= 0.6 is 0 Å². The van der Waals surface area contributed by atoms with Crippen LogP contribution in [0.5, 0.6) is 0 Å². The van der Waals surface area contributed by atoms with E-state index in [4.69, 9.17) is 0 Å². The van der Waals surface area contributed by atoms with Crippen molar-refractivity contribution in [2.24, 2.45) is 35.2 Å². The molecule has 0 radical (unpaired) electrons. The van der Waals surface area contributed by atoms with Gasteiger partial charge in [0, 0.05) is 102 Å². The quantitative estimate of drug-likeness (QED) is 0.205. The number of aromatic nitrogens is 11. The minimum absolute atomic E-state index is 0.949. The predicted octanol–water partition coefficient (Wildman–Crippen LogP) is 6.11. The number of fused-ring (bicyclic) bond motifs is 4. The number of rotatable bonds is 0. The molecule has 0 fully saturated rings. The van der Waals surface area contributed by atoms with Gasteiger partial charge in [-0.05, 0) is 38.9 Å². The van der Waals surface area contributed by atoms with Gasteiger partial charge in [0.05, 0.1) is 12.6 Å². The van der Waals surface area contributed by atoms with Gasteiger partial charge in [0.15, 0.2) is 6.33 Å². The van der Waals surface area contributed by atoms with Crippen molar-refractivity contribution in [3.8, 4) is 0 Å². The Morgan fingerprint density at radius 3 is 1.22 bits per heavy atom. The zero-order valence-electron chi connectivity index (χ0n) is 26.6. The maximum absolute atomic E-state index is 4.18. The van der Waals surface area contributed by atoms with Crippen LogP contribution in [-0.4, -0.2) is 53.4 Å². The average molecular weight is 612 g/mol. The Balaban J connectivity index is 0.000000114. The second-order valence-electron chi connectivity index (χ2n) is 10.7. The minimum atomic E-state index is 0.949. The highest BCUT2D eigenvalue weighted by molar-refractivity contribution is 5.82. The molecule has 7 aromatic heterocycles. The first kappa shape index (κ1) is 31.3. The molecule has 2 aromatic carbocycles. The van der Waals surface area contributed by atoms with Gasteiger partial charge >= 0.3 is 0 Å². The van der Waals surface area contributed by atoms with E-state index >= 15 is 0 Å². The Hall–Kier alpha value is -6.10. The third-order valence-electron chi connectivity index (χ3n) is 6.76. The van der Waals surface area contributed by atoms with E-state index < -0.39 is 0 Å². The number of hydrogen-bond donors (Lipinski definition) is 0. The zero-order chi connectivity index (χ0) is 32.3. The number of tetrazole rings is 1. The number of hydrogen-bond acceptors (Lipinski definition) is 6. The highest BCUT2D eigenvalue weighted by Gasteiger charge is 1.95. The Kier molecular flexibility index (Phi) is 10.3. The molecule has 7 heterocycles. The number of benzene rings is 2. The van der Waals surface area contributed by atoms with Crippen LogP contribution in [0.25, 0.3) is 43.5 Å². The molecule has 0 spiro atoms. The lowest BCUT2D eigenvalue weighted by Gasteiger charge is -1.81. The minimum Gasteiger partial charge on any atom is -0.356 e. The third-order valence-corrected chi connectivity index (χ3v) is 6.76. The van der Waals surface area contributed by atoms with Crippen molar-refractivity contribution in [1.82, 2.24) is 53.4 Å². The predicted molar refractivity (Wildman–Crippen MR) is 184 cm³/mol. The summed E-state index contributed by atoms with van der Waals surface area (Å²) in [5, 5.41) is 16.9. The van der Waals surface area contributed by atoms with Crippen molar-refractivity contribution in [3.63, 3.8) is 0 Å². The van der Waals surface area contributed by atoms with Crippen LogP contribution in [0.1, 0.15) is 0 Å². The van der Waals surface area contributed by atoms with E-state index in [9.17, 15) is 0 Å². The maximum Gasteiger partial charge on any atom is 0.162 e. The van der Waals surface area contributed by atoms with Gasteiger partial charge < -0.3 is 18.3 Å². The molecule has 0 unspecified atom stereocenters. The van der Waals surface area contributed by atoms with E-state index in [0.717, 1.165) is 16.6 Å². The summed E-state index contributed by atoms with van der Waals surface area (Å²) in [6.45, 7) is 0. The molecule has 0 aliphatic rings. The van der Waals surface area contributed by atoms with Gasteiger partial charge in [0.2, 0.25) is 0 Å². The Morgan fingerprint density at radius 1 is 0.413 bits per heavy atom. The third kappa shape index (κ3) is 8.73. The fourth-order valence-corrected chi connectivity index (χ4v) is 4.74. The van der Waals surface area contributed by atoms with Crippen molar-refractivity contribution in [2.45, 2.75) is 0 Å². The Morgan fingerprint density at radius 2 is 0.804 bits per heavy atom. The molecule has 0 saturated carbocycles. The van der Waals surface area contributed by atoms with Crippen LogP contribution in [0.3, 0.4) is 0 Å². The van der Waals surface area contributed by atoms with Gasteiger partial charge in [-0.25, -0.2) is 0 Å². The molecule has 0 atom stereocenters. The van der Waals surface area contributed by atoms with Gasteiger partial charge in [-0.15, -0.1) is 10.2 Å². The van der Waals surface area contributed by atoms with E-state index in [-0.39, 0.29) is 0 Å². The van der Waals surface area contributed by atoms with Crippen molar-refractivity contribution in [1.29, 1.82) is 0 Å². The fraction of sp³-hybridized carbons (Fsp3) is 0.143. The van der Waals surface area contributed by atoms with E-state index in [2.05, 4.69) is 125 Å². The van der Waals surface area contributed by atoms with Crippen LogP contribution < -0.4 is 0 Å². The van der Waals surface area contributed by atoms with Crippen LogP contribution in [0.2, 0.25) is 0 Å². The average Bonchev–Trinajstić information content (AvgIpc) is 3.87. The van der Waals surface area contributed by atoms with Gasteiger partial charge in [0.25, 0.3) is 0 Å². The van der Waals surface area contributed by atoms with Gasteiger partial charge in [-0.1, -0.05) is 48.5 Å². The molecule has 0 N–H and O–H groups in total. The fourth-order valence-electron chi connectivity index (χ4n) is 4.74. The standard InChI is InChI=1S/2C9H9N.C8H8N2.C7H7N3.C2H4N4/c2*1-10-6-8-4-2-3-5-9(8)7-10;1-10-5-7-3-2-4-9-8(7)6-10;1-10-4-6-7(5-10)9-3-2-8-6;1-6-4-2-3-5-6/h2*2-7H,1H3;2-6H,1H3;2-5H,1H3;2H,1H3. The second kappa shape index (κ2) is 15.1. The van der Waals surface area contributed by atoms with Crippen molar-refractivity contribution in [3.05, 3.63) is 135 Å². The second-order valence-corrected chi connectivity index (χ2v) is 10.7. The first-order valence-electron chi connectivity index (χ1n) is 14.6. The number of pyridine rings is 1. The van der Waals surface area contributed by atoms with Crippen molar-refractivity contribution < 1.29 is 0 Å². The lowest BCUT2D eigenvalue weighted by Crippen LogP contribution is -1.90. The van der Waals surface area contributed by atoms with Crippen LogP contribution in [-0.2, 0) is 35.2 Å². The highest BCUT2D eigenvalue weighted by atomic mass is 15.6. The zero-order valence-corrected chi connectivity index (χ0v) is 26.6. The van der Waals surface area contributed by atoms with Gasteiger partial charge in [0.1, 0.15) is 11.0 Å². The number of aryl methyl sites for hydroxylation is 5. The topological polar surface area (TPSA) is 102 Å². The summed E-state index contributed by atoms with van der Waals surface area (Å²) in [7, 11) is 9.76. The Labute approximate surface area is 267 Å². The van der Waals surface area contributed by atoms with Gasteiger partial charge in [-0.3, -0.25) is 15.0 Å². The van der Waals surface area contributed by atoms with Crippen LogP contribution in [0, 0.1) is 0 Å². The summed E-state index contributed by atoms with van der Waals surface area (Å²) in [4.78, 5) is 13.8. The molecule has 11 heteroatoms. The van der Waals surface area contributed by atoms with E-state index in [1.807, 2.05) is 68.2 Å². The molecular formula is C35H37N11. The monoisotopic (exact) mass is 611 g/mol. The lowest BCUT2D eigenvalue weighted by atomic mass is 10.2. The molecule has 11 nitrogen and oxygen atoms in total.